The second-order valence-electron chi connectivity index (χ2n) is 5.17. The van der Waals surface area contributed by atoms with Gasteiger partial charge in [0.15, 0.2) is 0 Å². The molecule has 1 aliphatic rings. The lowest BCUT2D eigenvalue weighted by Crippen LogP contribution is -2.31. The Hall–Kier alpha value is -2.10. The number of hydrogen-bond acceptors (Lipinski definition) is 3. The SMILES string of the molecule is O=C(O[C@H]1CCCC[C@@H]1n1ccnc1)c1ccccc1. The topological polar surface area (TPSA) is 44.1 Å². The van der Waals surface area contributed by atoms with Gasteiger partial charge >= 0.3 is 5.97 Å². The molecule has 2 atom stereocenters. The van der Waals surface area contributed by atoms with Crippen LogP contribution >= 0.6 is 0 Å². The summed E-state index contributed by atoms with van der Waals surface area (Å²) < 4.78 is 7.78. The molecule has 4 heteroatoms. The third kappa shape index (κ3) is 2.74. The Morgan fingerprint density at radius 3 is 2.75 bits per heavy atom. The second-order valence-corrected chi connectivity index (χ2v) is 5.17. The second kappa shape index (κ2) is 5.90. The van der Waals surface area contributed by atoms with Crippen molar-refractivity contribution >= 4 is 5.97 Å². The molecule has 2 aromatic rings. The Kier molecular flexibility index (Phi) is 3.81. The first-order valence-electron chi connectivity index (χ1n) is 7.08. The van der Waals surface area contributed by atoms with Crippen LogP contribution in [-0.2, 0) is 4.74 Å². The van der Waals surface area contributed by atoms with Crippen LogP contribution in [0.2, 0.25) is 0 Å². The summed E-state index contributed by atoms with van der Waals surface area (Å²) in [5.41, 5.74) is 0.613. The highest BCUT2D eigenvalue weighted by molar-refractivity contribution is 5.89. The van der Waals surface area contributed by atoms with Gasteiger partial charge in [-0.25, -0.2) is 9.78 Å². The zero-order chi connectivity index (χ0) is 13.8. The predicted octanol–water partition coefficient (Wildman–Crippen LogP) is 3.22. The summed E-state index contributed by atoms with van der Waals surface area (Å²) in [5, 5.41) is 0. The highest BCUT2D eigenvalue weighted by Crippen LogP contribution is 2.31. The smallest absolute Gasteiger partial charge is 0.338 e. The van der Waals surface area contributed by atoms with Crippen molar-refractivity contribution in [3.8, 4) is 0 Å². The summed E-state index contributed by atoms with van der Waals surface area (Å²) in [6.07, 6.45) is 9.68. The Labute approximate surface area is 118 Å². The summed E-state index contributed by atoms with van der Waals surface area (Å²) in [5.74, 6) is -0.234. The van der Waals surface area contributed by atoms with Crippen LogP contribution in [0.5, 0.6) is 0 Å². The van der Waals surface area contributed by atoms with E-state index >= 15 is 0 Å². The van der Waals surface area contributed by atoms with Gasteiger partial charge in [0, 0.05) is 12.4 Å². The molecule has 1 aromatic heterocycles. The van der Waals surface area contributed by atoms with Gasteiger partial charge < -0.3 is 9.30 Å². The van der Waals surface area contributed by atoms with E-state index in [9.17, 15) is 4.79 Å². The summed E-state index contributed by atoms with van der Waals surface area (Å²) in [4.78, 5) is 16.3. The third-order valence-electron chi connectivity index (χ3n) is 3.84. The Balaban J connectivity index is 1.73. The number of esters is 1. The van der Waals surface area contributed by atoms with Gasteiger partial charge in [-0.2, -0.15) is 0 Å². The summed E-state index contributed by atoms with van der Waals surface area (Å²) in [7, 11) is 0. The van der Waals surface area contributed by atoms with Crippen molar-refractivity contribution in [2.75, 3.05) is 0 Å². The van der Waals surface area contributed by atoms with Gasteiger partial charge in [-0.05, 0) is 31.4 Å². The van der Waals surface area contributed by atoms with Gasteiger partial charge in [-0.3, -0.25) is 0 Å². The highest BCUT2D eigenvalue weighted by Gasteiger charge is 2.29. The van der Waals surface area contributed by atoms with Crippen LogP contribution in [0.25, 0.3) is 0 Å². The van der Waals surface area contributed by atoms with Crippen molar-refractivity contribution in [3.05, 3.63) is 54.6 Å². The van der Waals surface area contributed by atoms with E-state index < -0.39 is 0 Å². The van der Waals surface area contributed by atoms with E-state index in [0.29, 0.717) is 5.56 Å². The van der Waals surface area contributed by atoms with Crippen molar-refractivity contribution in [3.63, 3.8) is 0 Å². The van der Waals surface area contributed by atoms with Crippen molar-refractivity contribution in [1.29, 1.82) is 0 Å². The first kappa shape index (κ1) is 12.9. The predicted molar refractivity (Wildman–Crippen MR) is 75.4 cm³/mol. The Bertz CT molecular complexity index is 551. The molecule has 0 unspecified atom stereocenters. The number of rotatable bonds is 3. The molecule has 1 fully saturated rings. The number of aromatic nitrogens is 2. The molecule has 1 aromatic carbocycles. The molecule has 104 valence electrons. The van der Waals surface area contributed by atoms with Gasteiger partial charge in [0.2, 0.25) is 0 Å². The van der Waals surface area contributed by atoms with Gasteiger partial charge in [0.25, 0.3) is 0 Å². The summed E-state index contributed by atoms with van der Waals surface area (Å²) >= 11 is 0. The number of ether oxygens (including phenoxy) is 1. The number of nitrogens with zero attached hydrogens (tertiary/aromatic N) is 2. The molecule has 0 N–H and O–H groups in total. The van der Waals surface area contributed by atoms with Crippen molar-refractivity contribution in [2.24, 2.45) is 0 Å². The van der Waals surface area contributed by atoms with Crippen LogP contribution in [0.4, 0.5) is 0 Å². The lowest BCUT2D eigenvalue weighted by Gasteiger charge is -2.31. The zero-order valence-corrected chi connectivity index (χ0v) is 11.3. The first-order valence-corrected chi connectivity index (χ1v) is 7.08. The maximum absolute atomic E-state index is 12.2. The lowest BCUT2D eigenvalue weighted by atomic mass is 9.92. The maximum atomic E-state index is 12.2. The van der Waals surface area contributed by atoms with E-state index in [4.69, 9.17) is 4.74 Å². The van der Waals surface area contributed by atoms with E-state index in [1.54, 1.807) is 24.7 Å². The summed E-state index contributed by atoms with van der Waals surface area (Å²) in [6, 6.07) is 9.38. The van der Waals surface area contributed by atoms with Gasteiger partial charge in [0.05, 0.1) is 17.9 Å². The fourth-order valence-electron chi connectivity index (χ4n) is 2.80. The molecule has 0 amide bonds. The van der Waals surface area contributed by atoms with E-state index in [2.05, 4.69) is 9.55 Å². The molecule has 1 heterocycles. The standard InChI is InChI=1S/C16H18N2O2/c19-16(13-6-2-1-3-7-13)20-15-9-5-4-8-14(15)18-11-10-17-12-18/h1-3,6-7,10-12,14-15H,4-5,8-9H2/t14-,15-/m0/s1. The quantitative estimate of drug-likeness (QED) is 0.804. The fourth-order valence-corrected chi connectivity index (χ4v) is 2.80. The van der Waals surface area contributed by atoms with Crippen molar-refractivity contribution in [1.82, 2.24) is 9.55 Å². The van der Waals surface area contributed by atoms with E-state index in [0.717, 1.165) is 19.3 Å². The molecular formula is C16H18N2O2. The van der Waals surface area contributed by atoms with Crippen molar-refractivity contribution in [2.45, 2.75) is 37.8 Å². The number of benzene rings is 1. The molecule has 0 radical (unpaired) electrons. The van der Waals surface area contributed by atoms with Crippen LogP contribution < -0.4 is 0 Å². The molecule has 4 nitrogen and oxygen atoms in total. The van der Waals surface area contributed by atoms with Gasteiger partial charge in [-0.15, -0.1) is 0 Å². The Morgan fingerprint density at radius 1 is 1.20 bits per heavy atom. The van der Waals surface area contributed by atoms with E-state index in [-0.39, 0.29) is 18.1 Å². The zero-order valence-electron chi connectivity index (χ0n) is 11.3. The van der Waals surface area contributed by atoms with E-state index in [1.165, 1.54) is 6.42 Å². The third-order valence-corrected chi connectivity index (χ3v) is 3.84. The minimum atomic E-state index is -0.234. The number of imidazole rings is 1. The molecule has 0 spiro atoms. The lowest BCUT2D eigenvalue weighted by molar-refractivity contribution is 0.00412. The molecule has 20 heavy (non-hydrogen) atoms. The molecule has 3 rings (SSSR count). The minimum Gasteiger partial charge on any atom is -0.457 e. The van der Waals surface area contributed by atoms with Crippen LogP contribution in [0, 0.1) is 0 Å². The minimum absolute atomic E-state index is 0.0642. The Morgan fingerprint density at radius 2 is 2.00 bits per heavy atom. The number of carbonyl (C=O) groups excluding carboxylic acids is 1. The van der Waals surface area contributed by atoms with Gasteiger partial charge in [-0.1, -0.05) is 24.6 Å². The fraction of sp³-hybridized carbons (Fsp3) is 0.375. The highest BCUT2D eigenvalue weighted by atomic mass is 16.5. The number of carbonyl (C=O) groups is 1. The average Bonchev–Trinajstić information content (AvgIpc) is 3.03. The normalized spacial score (nSPS) is 22.4. The van der Waals surface area contributed by atoms with Gasteiger partial charge in [0.1, 0.15) is 6.10 Å². The van der Waals surface area contributed by atoms with E-state index in [1.807, 2.05) is 24.4 Å². The first-order chi connectivity index (χ1) is 9.84. The average molecular weight is 270 g/mol. The van der Waals surface area contributed by atoms with Crippen LogP contribution in [0.15, 0.2) is 49.1 Å². The summed E-state index contributed by atoms with van der Waals surface area (Å²) in [6.45, 7) is 0. The molecule has 0 saturated heterocycles. The molecule has 0 aliphatic heterocycles. The van der Waals surface area contributed by atoms with Crippen LogP contribution in [0.1, 0.15) is 42.1 Å². The van der Waals surface area contributed by atoms with Crippen molar-refractivity contribution < 1.29 is 9.53 Å². The largest absolute Gasteiger partial charge is 0.457 e. The number of hydrogen-bond donors (Lipinski definition) is 0. The maximum Gasteiger partial charge on any atom is 0.338 e. The molecule has 0 bridgehead atoms. The van der Waals surface area contributed by atoms with Crippen LogP contribution in [0.3, 0.4) is 0 Å². The molecule has 1 aliphatic carbocycles. The molecule has 1 saturated carbocycles. The molecular weight excluding hydrogens is 252 g/mol. The monoisotopic (exact) mass is 270 g/mol. The van der Waals surface area contributed by atoms with Crippen LogP contribution in [-0.4, -0.2) is 21.6 Å².